The van der Waals surface area contributed by atoms with E-state index in [4.69, 9.17) is 9.84 Å². The van der Waals surface area contributed by atoms with Gasteiger partial charge >= 0.3 is 12.0 Å². The highest BCUT2D eigenvalue weighted by Gasteiger charge is 2.48. The molecule has 0 radical (unpaired) electrons. The quantitative estimate of drug-likeness (QED) is 0.388. The van der Waals surface area contributed by atoms with Crippen LogP contribution in [-0.4, -0.2) is 29.4 Å². The van der Waals surface area contributed by atoms with Gasteiger partial charge in [-0.3, -0.25) is 0 Å². The first-order valence-electron chi connectivity index (χ1n) is 12.1. The molecule has 2 amide bonds. The van der Waals surface area contributed by atoms with Gasteiger partial charge in [0.15, 0.2) is 6.10 Å². The van der Waals surface area contributed by atoms with Crippen LogP contribution in [0.25, 0.3) is 0 Å². The van der Waals surface area contributed by atoms with E-state index in [2.05, 4.69) is 28.0 Å². The van der Waals surface area contributed by atoms with Gasteiger partial charge in [-0.1, -0.05) is 12.1 Å². The Balaban J connectivity index is 1.11. The van der Waals surface area contributed by atoms with Gasteiger partial charge in [-0.15, -0.1) is 0 Å². The molecule has 4 fully saturated rings. The number of hydrogen-bond acceptors (Lipinski definition) is 4. The maximum Gasteiger partial charge on any atom is 0.344 e. The summed E-state index contributed by atoms with van der Waals surface area (Å²) in [6, 6.07) is 14.7. The molecular formula is C27H31N3O4. The molecule has 0 aromatic heterocycles. The van der Waals surface area contributed by atoms with Gasteiger partial charge in [0, 0.05) is 5.69 Å². The van der Waals surface area contributed by atoms with E-state index < -0.39 is 18.1 Å². The minimum absolute atomic E-state index is 0.408. The maximum atomic E-state index is 12.2. The van der Waals surface area contributed by atoms with Gasteiger partial charge in [-0.2, -0.15) is 5.10 Å². The van der Waals surface area contributed by atoms with Crippen molar-refractivity contribution in [1.82, 2.24) is 5.43 Å². The molecule has 4 bridgehead atoms. The lowest BCUT2D eigenvalue weighted by molar-refractivity contribution is -0.144. The molecule has 1 atom stereocenters. The smallest absolute Gasteiger partial charge is 0.344 e. The Hall–Kier alpha value is -3.35. The van der Waals surface area contributed by atoms with E-state index in [0.29, 0.717) is 11.7 Å². The second kappa shape index (κ2) is 9.49. The molecule has 2 aromatic carbocycles. The van der Waals surface area contributed by atoms with Crippen molar-refractivity contribution < 1.29 is 19.4 Å². The van der Waals surface area contributed by atoms with Gasteiger partial charge in [0.2, 0.25) is 0 Å². The zero-order valence-corrected chi connectivity index (χ0v) is 19.3. The molecule has 0 heterocycles. The van der Waals surface area contributed by atoms with Crippen molar-refractivity contribution in [1.29, 1.82) is 0 Å². The number of rotatable bonds is 7. The second-order valence-corrected chi connectivity index (χ2v) is 10.1. The van der Waals surface area contributed by atoms with Gasteiger partial charge in [0.25, 0.3) is 0 Å². The van der Waals surface area contributed by atoms with Crippen molar-refractivity contribution in [2.45, 2.75) is 51.0 Å². The predicted molar refractivity (Wildman–Crippen MR) is 130 cm³/mol. The summed E-state index contributed by atoms with van der Waals surface area (Å²) < 4.78 is 5.29. The van der Waals surface area contributed by atoms with Crippen LogP contribution in [0.3, 0.4) is 0 Å². The molecule has 178 valence electrons. The largest absolute Gasteiger partial charge is 0.479 e. The van der Waals surface area contributed by atoms with Crippen LogP contribution < -0.4 is 15.5 Å². The van der Waals surface area contributed by atoms with E-state index in [0.717, 1.165) is 34.9 Å². The van der Waals surface area contributed by atoms with Crippen LogP contribution in [0.1, 0.15) is 56.1 Å². The van der Waals surface area contributed by atoms with Crippen molar-refractivity contribution in [3.05, 3.63) is 59.7 Å². The molecule has 7 heteroatoms. The lowest BCUT2D eigenvalue weighted by Gasteiger charge is -2.54. The van der Waals surface area contributed by atoms with E-state index in [1.165, 1.54) is 50.8 Å². The SMILES string of the molecule is C[C@@H](Oc1ccc(/C=N\NC(=O)Nc2ccc(C3C4CC5CC(C4)CC3C5)cc2)cc1)C(=O)O. The average Bonchev–Trinajstić information content (AvgIpc) is 2.80. The monoisotopic (exact) mass is 461 g/mol. The number of nitrogens with zero attached hydrogens (tertiary/aromatic N) is 1. The Morgan fingerprint density at radius 1 is 0.971 bits per heavy atom. The highest BCUT2D eigenvalue weighted by atomic mass is 16.5. The molecule has 3 N–H and O–H groups in total. The van der Waals surface area contributed by atoms with Crippen LogP contribution in [0.4, 0.5) is 10.5 Å². The number of amides is 2. The van der Waals surface area contributed by atoms with Gasteiger partial charge in [-0.05, 0) is 116 Å². The van der Waals surface area contributed by atoms with Gasteiger partial charge in [0.1, 0.15) is 5.75 Å². The lowest BCUT2D eigenvalue weighted by Crippen LogP contribution is -2.43. The lowest BCUT2D eigenvalue weighted by atomic mass is 9.51. The Kier molecular flexibility index (Phi) is 6.26. The average molecular weight is 462 g/mol. The summed E-state index contributed by atoms with van der Waals surface area (Å²) in [6.07, 6.45) is 7.65. The first-order valence-corrected chi connectivity index (χ1v) is 12.1. The fourth-order valence-electron chi connectivity index (χ4n) is 6.47. The van der Waals surface area contributed by atoms with Crippen LogP contribution >= 0.6 is 0 Å². The summed E-state index contributed by atoms with van der Waals surface area (Å²) >= 11 is 0. The third kappa shape index (κ3) is 4.93. The topological polar surface area (TPSA) is 100 Å². The van der Waals surface area contributed by atoms with Gasteiger partial charge in [-0.25, -0.2) is 15.0 Å². The number of carbonyl (C=O) groups is 2. The van der Waals surface area contributed by atoms with E-state index in [1.807, 2.05) is 12.1 Å². The molecule has 2 aromatic rings. The molecule has 0 saturated heterocycles. The number of carboxylic acids is 1. The summed E-state index contributed by atoms with van der Waals surface area (Å²) in [5.41, 5.74) is 5.38. The number of hydrazone groups is 1. The molecular weight excluding hydrogens is 430 g/mol. The van der Waals surface area contributed by atoms with Crippen LogP contribution in [0.15, 0.2) is 53.6 Å². The van der Waals surface area contributed by atoms with Crippen LogP contribution in [0.2, 0.25) is 0 Å². The maximum absolute atomic E-state index is 12.2. The summed E-state index contributed by atoms with van der Waals surface area (Å²) in [7, 11) is 0. The van der Waals surface area contributed by atoms with E-state index in [9.17, 15) is 9.59 Å². The van der Waals surface area contributed by atoms with Gasteiger partial charge in [0.05, 0.1) is 6.21 Å². The van der Waals surface area contributed by atoms with E-state index in [-0.39, 0.29) is 0 Å². The fraction of sp³-hybridized carbons (Fsp3) is 0.444. The molecule has 0 aliphatic heterocycles. The number of anilines is 1. The van der Waals surface area contributed by atoms with Crippen molar-refractivity contribution in [2.75, 3.05) is 5.32 Å². The minimum atomic E-state index is -1.02. The molecule has 4 saturated carbocycles. The molecule has 0 spiro atoms. The number of aliphatic carboxylic acids is 1. The predicted octanol–water partition coefficient (Wildman–Crippen LogP) is 5.23. The normalized spacial score (nSPS) is 28.0. The molecule has 6 rings (SSSR count). The first-order chi connectivity index (χ1) is 16.4. The summed E-state index contributed by atoms with van der Waals surface area (Å²) in [5.74, 6) is 3.73. The number of benzene rings is 2. The molecule has 0 unspecified atom stereocenters. The van der Waals surface area contributed by atoms with E-state index in [1.54, 1.807) is 24.3 Å². The summed E-state index contributed by atoms with van der Waals surface area (Å²) in [6.45, 7) is 1.47. The minimum Gasteiger partial charge on any atom is -0.479 e. The fourth-order valence-corrected chi connectivity index (χ4v) is 6.47. The van der Waals surface area contributed by atoms with Crippen LogP contribution in [0, 0.1) is 23.7 Å². The van der Waals surface area contributed by atoms with Crippen LogP contribution in [-0.2, 0) is 4.79 Å². The molecule has 4 aliphatic rings. The molecule has 7 nitrogen and oxygen atoms in total. The number of carbonyl (C=O) groups excluding carboxylic acids is 1. The number of nitrogens with one attached hydrogen (secondary N) is 2. The Morgan fingerprint density at radius 3 is 2.18 bits per heavy atom. The first kappa shape index (κ1) is 22.4. The van der Waals surface area contributed by atoms with Gasteiger partial charge < -0.3 is 15.2 Å². The van der Waals surface area contributed by atoms with Crippen molar-refractivity contribution in [2.24, 2.45) is 28.8 Å². The number of carboxylic acid groups (broad SMARTS) is 1. The molecule has 34 heavy (non-hydrogen) atoms. The summed E-state index contributed by atoms with van der Waals surface area (Å²) in [5, 5.41) is 15.7. The zero-order chi connectivity index (χ0) is 23.7. The third-order valence-electron chi connectivity index (χ3n) is 7.70. The Bertz CT molecular complexity index is 1040. The highest BCUT2D eigenvalue weighted by molar-refractivity contribution is 5.90. The van der Waals surface area contributed by atoms with E-state index >= 15 is 0 Å². The third-order valence-corrected chi connectivity index (χ3v) is 7.70. The highest BCUT2D eigenvalue weighted by Crippen LogP contribution is 2.59. The summed E-state index contributed by atoms with van der Waals surface area (Å²) in [4.78, 5) is 23.1. The Morgan fingerprint density at radius 2 is 1.59 bits per heavy atom. The number of ether oxygens (including phenoxy) is 1. The van der Waals surface area contributed by atoms with Crippen molar-refractivity contribution in [3.63, 3.8) is 0 Å². The number of hydrogen-bond donors (Lipinski definition) is 3. The van der Waals surface area contributed by atoms with Crippen LogP contribution in [0.5, 0.6) is 5.75 Å². The Labute approximate surface area is 199 Å². The standard InChI is InChI=1S/C27H31N3O4/c1-16(26(31)32)34-24-8-2-17(3-9-24)15-28-30-27(33)29-23-6-4-20(5-7-23)25-21-11-18-10-19(13-21)14-22(25)12-18/h2-9,15-16,18-19,21-22,25H,10-14H2,1H3,(H,31,32)(H2,29,30,33)/b28-15-/t16-,18?,19?,21?,22?,25?/m1/s1. The number of urea groups is 1. The van der Waals surface area contributed by atoms with Crippen molar-refractivity contribution >= 4 is 23.9 Å². The molecule has 4 aliphatic carbocycles. The second-order valence-electron chi connectivity index (χ2n) is 10.1. The zero-order valence-electron chi connectivity index (χ0n) is 19.3. The van der Waals surface area contributed by atoms with Crippen molar-refractivity contribution in [3.8, 4) is 5.75 Å².